The molecule has 1 atom stereocenters. The van der Waals surface area contributed by atoms with Gasteiger partial charge in [-0.25, -0.2) is 4.79 Å². The number of aldehydes is 1. The van der Waals surface area contributed by atoms with Gasteiger partial charge in [0.25, 0.3) is 0 Å². The molecule has 0 aromatic heterocycles. The van der Waals surface area contributed by atoms with E-state index in [2.05, 4.69) is 0 Å². The van der Waals surface area contributed by atoms with E-state index >= 15 is 0 Å². The number of rotatable bonds is 5. The lowest BCUT2D eigenvalue weighted by Gasteiger charge is -2.28. The molecule has 0 bridgehead atoms. The molecule has 1 heterocycles. The Hall–Kier alpha value is -1.66. The van der Waals surface area contributed by atoms with Crippen molar-refractivity contribution in [3.63, 3.8) is 0 Å². The molecule has 1 unspecified atom stereocenters. The van der Waals surface area contributed by atoms with Crippen LogP contribution >= 0.6 is 0 Å². The van der Waals surface area contributed by atoms with E-state index in [9.17, 15) is 9.59 Å². The monoisotopic (exact) mass is 349 g/mol. The van der Waals surface area contributed by atoms with Gasteiger partial charge in [0.05, 0.1) is 12.7 Å². The van der Waals surface area contributed by atoms with E-state index in [4.69, 9.17) is 13.9 Å². The molecule has 0 fully saturated rings. The first-order valence-electron chi connectivity index (χ1n) is 7.98. The number of ether oxygens (including phenoxy) is 2. The second-order valence-corrected chi connectivity index (χ2v) is 9.24. The molecular formula is C18H25O5Si. The van der Waals surface area contributed by atoms with E-state index in [1.807, 2.05) is 40.8 Å². The normalized spacial score (nSPS) is 17.0. The lowest BCUT2D eigenvalue weighted by Crippen LogP contribution is -2.21. The first kappa shape index (κ1) is 18.7. The smallest absolute Gasteiger partial charge is 0.341 e. The van der Waals surface area contributed by atoms with Crippen LogP contribution in [0.3, 0.4) is 0 Å². The highest BCUT2D eigenvalue weighted by atomic mass is 28.3. The zero-order valence-electron chi connectivity index (χ0n) is 15.4. The number of hydrogen-bond acceptors (Lipinski definition) is 5. The first-order chi connectivity index (χ1) is 11.1. The Labute approximate surface area is 145 Å². The number of methoxy groups -OCH3 is 1. The maximum atomic E-state index is 12.6. The van der Waals surface area contributed by atoms with Crippen molar-refractivity contribution in [2.24, 2.45) is 0 Å². The van der Waals surface area contributed by atoms with Crippen molar-refractivity contribution in [3.8, 4) is 5.75 Å². The van der Waals surface area contributed by atoms with Gasteiger partial charge >= 0.3 is 5.97 Å². The van der Waals surface area contributed by atoms with Gasteiger partial charge in [0.2, 0.25) is 15.3 Å². The van der Waals surface area contributed by atoms with E-state index in [0.717, 1.165) is 28.5 Å². The van der Waals surface area contributed by atoms with Gasteiger partial charge in [-0.2, -0.15) is 0 Å². The molecule has 1 aliphatic rings. The molecule has 0 saturated carbocycles. The average molecular weight is 349 g/mol. The number of carbonyl (C=O) groups is 2. The van der Waals surface area contributed by atoms with Crippen LogP contribution in [0.1, 0.15) is 59.7 Å². The number of fused-ring (bicyclic) bond motifs is 1. The van der Waals surface area contributed by atoms with Crippen LogP contribution in [0.5, 0.6) is 5.75 Å². The fourth-order valence-electron chi connectivity index (χ4n) is 3.34. The summed E-state index contributed by atoms with van der Waals surface area (Å²) in [4.78, 5) is 23.8. The van der Waals surface area contributed by atoms with Crippen molar-refractivity contribution >= 4 is 21.3 Å². The van der Waals surface area contributed by atoms with Crippen molar-refractivity contribution in [2.75, 3.05) is 7.11 Å². The number of benzene rings is 1. The SMILES string of the molecule is COc1c(C)c2c(c(C(C)(C)C)c1CC=O)C(=O)OC2O[Si](C)C. The molecule has 131 valence electrons. The summed E-state index contributed by atoms with van der Waals surface area (Å²) in [5, 5.41) is 0. The highest BCUT2D eigenvalue weighted by Crippen LogP contribution is 2.46. The minimum Gasteiger partial charge on any atom is -0.496 e. The van der Waals surface area contributed by atoms with Crippen molar-refractivity contribution in [3.05, 3.63) is 27.8 Å². The quantitative estimate of drug-likeness (QED) is 0.463. The Morgan fingerprint density at radius 1 is 1.29 bits per heavy atom. The fourth-order valence-corrected chi connectivity index (χ4v) is 3.93. The molecule has 1 aliphatic heterocycles. The van der Waals surface area contributed by atoms with Gasteiger partial charge in [-0.3, -0.25) is 0 Å². The number of cyclic esters (lactones) is 1. The van der Waals surface area contributed by atoms with Crippen LogP contribution in [0, 0.1) is 6.92 Å². The molecule has 6 heteroatoms. The van der Waals surface area contributed by atoms with Crippen LogP contribution in [-0.2, 0) is 25.8 Å². The van der Waals surface area contributed by atoms with Gasteiger partial charge in [-0.05, 0) is 31.0 Å². The molecule has 0 amide bonds. The Morgan fingerprint density at radius 2 is 1.92 bits per heavy atom. The van der Waals surface area contributed by atoms with E-state index in [1.54, 1.807) is 7.11 Å². The zero-order chi connectivity index (χ0) is 18.2. The van der Waals surface area contributed by atoms with Crippen LogP contribution in [-0.4, -0.2) is 28.4 Å². The van der Waals surface area contributed by atoms with Crippen LogP contribution in [0.4, 0.5) is 0 Å². The standard InChI is InChI=1S/C18H25O5Si/c1-10-12-13(16(20)22-17(12)23-24(6)7)14(18(2,3)4)11(8-9-19)15(10)21-5/h9,17H,8H2,1-7H3. The molecule has 0 saturated heterocycles. The fraction of sp³-hybridized carbons (Fsp3) is 0.556. The summed E-state index contributed by atoms with van der Waals surface area (Å²) in [7, 11) is 0.521. The first-order valence-corrected chi connectivity index (χ1v) is 10.4. The van der Waals surface area contributed by atoms with E-state index in [1.165, 1.54) is 0 Å². The maximum Gasteiger partial charge on any atom is 0.341 e. The third-order valence-electron chi connectivity index (χ3n) is 4.08. The largest absolute Gasteiger partial charge is 0.496 e. The molecule has 1 radical (unpaired) electrons. The summed E-state index contributed by atoms with van der Waals surface area (Å²) in [5.41, 5.74) is 3.30. The predicted octanol–water partition coefficient (Wildman–Crippen LogP) is 3.48. The lowest BCUT2D eigenvalue weighted by atomic mass is 9.77. The van der Waals surface area contributed by atoms with Crippen molar-refractivity contribution in [1.29, 1.82) is 0 Å². The Morgan fingerprint density at radius 3 is 2.38 bits per heavy atom. The van der Waals surface area contributed by atoms with Gasteiger partial charge in [-0.1, -0.05) is 20.8 Å². The molecule has 0 spiro atoms. The van der Waals surface area contributed by atoms with Gasteiger partial charge in [0.1, 0.15) is 12.0 Å². The van der Waals surface area contributed by atoms with Crippen LogP contribution in [0.25, 0.3) is 0 Å². The second kappa shape index (κ2) is 6.68. The van der Waals surface area contributed by atoms with Crippen LogP contribution < -0.4 is 4.74 Å². The van der Waals surface area contributed by atoms with Crippen molar-refractivity contribution in [2.45, 2.75) is 58.9 Å². The molecule has 24 heavy (non-hydrogen) atoms. The molecular weight excluding hydrogens is 324 g/mol. The lowest BCUT2D eigenvalue weighted by molar-refractivity contribution is -0.107. The van der Waals surface area contributed by atoms with E-state index < -0.39 is 15.3 Å². The predicted molar refractivity (Wildman–Crippen MR) is 92.9 cm³/mol. The van der Waals surface area contributed by atoms with Crippen LogP contribution in [0.2, 0.25) is 13.1 Å². The summed E-state index contributed by atoms with van der Waals surface area (Å²) < 4.78 is 17.0. The number of hydrogen-bond donors (Lipinski definition) is 0. The van der Waals surface area contributed by atoms with Gasteiger partial charge in [0.15, 0.2) is 0 Å². The topological polar surface area (TPSA) is 61.8 Å². The molecule has 0 N–H and O–H groups in total. The molecule has 1 aromatic rings. The highest BCUT2D eigenvalue weighted by molar-refractivity contribution is 6.48. The van der Waals surface area contributed by atoms with Crippen molar-refractivity contribution in [1.82, 2.24) is 0 Å². The van der Waals surface area contributed by atoms with Crippen molar-refractivity contribution < 1.29 is 23.5 Å². The summed E-state index contributed by atoms with van der Waals surface area (Å²) in [6.07, 6.45) is 0.336. The Balaban J connectivity index is 2.86. The van der Waals surface area contributed by atoms with Gasteiger partial charge in [-0.15, -0.1) is 0 Å². The van der Waals surface area contributed by atoms with E-state index in [0.29, 0.717) is 11.3 Å². The third kappa shape index (κ3) is 3.12. The summed E-state index contributed by atoms with van der Waals surface area (Å²) in [5.74, 6) is 0.250. The number of esters is 1. The summed E-state index contributed by atoms with van der Waals surface area (Å²) >= 11 is 0. The van der Waals surface area contributed by atoms with Gasteiger partial charge < -0.3 is 18.7 Å². The molecule has 2 rings (SSSR count). The Kier molecular flexibility index (Phi) is 5.20. The third-order valence-corrected chi connectivity index (χ3v) is 4.76. The summed E-state index contributed by atoms with van der Waals surface area (Å²) in [6, 6.07) is 0. The molecule has 0 aliphatic carbocycles. The maximum absolute atomic E-state index is 12.6. The second-order valence-electron chi connectivity index (χ2n) is 7.18. The van der Waals surface area contributed by atoms with Gasteiger partial charge in [0, 0.05) is 23.1 Å². The number of carbonyl (C=O) groups excluding carboxylic acids is 2. The molecule has 1 aromatic carbocycles. The summed E-state index contributed by atoms with van der Waals surface area (Å²) in [6.45, 7) is 11.9. The van der Waals surface area contributed by atoms with Crippen LogP contribution in [0.15, 0.2) is 0 Å². The molecule has 5 nitrogen and oxygen atoms in total. The highest BCUT2D eigenvalue weighted by Gasteiger charge is 2.41. The minimum atomic E-state index is -1.06. The Bertz CT molecular complexity index is 673. The van der Waals surface area contributed by atoms with E-state index in [-0.39, 0.29) is 17.8 Å². The average Bonchev–Trinajstić information content (AvgIpc) is 2.74. The minimum absolute atomic E-state index is 0.194. The zero-order valence-corrected chi connectivity index (χ0v) is 16.4.